The number of nitrogens with one attached hydrogen (secondary N) is 1. The molecule has 1 amide bonds. The molecule has 2 aromatic rings. The molecule has 0 aliphatic carbocycles. The molecule has 0 atom stereocenters. The molecule has 0 spiro atoms. The quantitative estimate of drug-likeness (QED) is 0.794. The maximum atomic E-state index is 12.9. The zero-order valence-electron chi connectivity index (χ0n) is 14.3. The fourth-order valence-electron chi connectivity index (χ4n) is 2.65. The fourth-order valence-corrected chi connectivity index (χ4v) is 5.46. The van der Waals surface area contributed by atoms with E-state index >= 15 is 0 Å². The van der Waals surface area contributed by atoms with E-state index < -0.39 is 15.9 Å². The van der Waals surface area contributed by atoms with Crippen LogP contribution in [0.2, 0.25) is 5.02 Å². The number of carbonyl (C=O) groups is 1. The first-order valence-electron chi connectivity index (χ1n) is 8.28. The highest BCUT2D eigenvalue weighted by Crippen LogP contribution is 2.25. The van der Waals surface area contributed by atoms with Crippen LogP contribution in [-0.4, -0.2) is 43.2 Å². The van der Waals surface area contributed by atoms with Gasteiger partial charge in [-0.2, -0.15) is 16.1 Å². The van der Waals surface area contributed by atoms with E-state index in [1.807, 2.05) is 0 Å². The van der Waals surface area contributed by atoms with Crippen molar-refractivity contribution in [3.05, 3.63) is 64.4 Å². The standard InChI is InChI=1S/C18H18ClFN2O3S2/c19-17-6-5-15(27(24,25)22-7-9-26-10-8-22)11-16(17)18(23)21-12-13-1-3-14(20)4-2-13/h1-6,11H,7-10,12H2,(H,21,23). The van der Waals surface area contributed by atoms with E-state index in [1.165, 1.54) is 34.6 Å². The van der Waals surface area contributed by atoms with Gasteiger partial charge in [0.1, 0.15) is 5.82 Å². The van der Waals surface area contributed by atoms with Gasteiger partial charge < -0.3 is 5.32 Å². The van der Waals surface area contributed by atoms with Crippen molar-refractivity contribution in [1.82, 2.24) is 9.62 Å². The van der Waals surface area contributed by atoms with E-state index in [2.05, 4.69) is 5.32 Å². The fraction of sp³-hybridized carbons (Fsp3) is 0.278. The Morgan fingerprint density at radius 3 is 2.48 bits per heavy atom. The van der Waals surface area contributed by atoms with Gasteiger partial charge in [-0.25, -0.2) is 12.8 Å². The first kappa shape index (κ1) is 20.1. The van der Waals surface area contributed by atoms with Crippen molar-refractivity contribution in [3.63, 3.8) is 0 Å². The van der Waals surface area contributed by atoms with E-state index in [4.69, 9.17) is 11.6 Å². The lowest BCUT2D eigenvalue weighted by molar-refractivity contribution is 0.0951. The Balaban J connectivity index is 1.78. The first-order chi connectivity index (χ1) is 12.9. The van der Waals surface area contributed by atoms with Gasteiger partial charge >= 0.3 is 0 Å². The predicted octanol–water partition coefficient (Wildman–Crippen LogP) is 3.15. The van der Waals surface area contributed by atoms with Gasteiger partial charge in [0.2, 0.25) is 10.0 Å². The average Bonchev–Trinajstić information content (AvgIpc) is 2.68. The summed E-state index contributed by atoms with van der Waals surface area (Å²) >= 11 is 7.82. The summed E-state index contributed by atoms with van der Waals surface area (Å²) in [5, 5.41) is 2.84. The molecular weight excluding hydrogens is 411 g/mol. The third kappa shape index (κ3) is 4.82. The van der Waals surface area contributed by atoms with Crippen LogP contribution in [0.25, 0.3) is 0 Å². The van der Waals surface area contributed by atoms with Crippen molar-refractivity contribution < 1.29 is 17.6 Å². The Morgan fingerprint density at radius 2 is 1.81 bits per heavy atom. The van der Waals surface area contributed by atoms with E-state index in [0.29, 0.717) is 13.1 Å². The Labute approximate surface area is 166 Å². The van der Waals surface area contributed by atoms with Crippen LogP contribution in [0.3, 0.4) is 0 Å². The molecule has 3 rings (SSSR count). The number of halogens is 2. The van der Waals surface area contributed by atoms with Crippen LogP contribution in [-0.2, 0) is 16.6 Å². The van der Waals surface area contributed by atoms with Crippen molar-refractivity contribution in [2.45, 2.75) is 11.4 Å². The topological polar surface area (TPSA) is 66.5 Å². The molecule has 5 nitrogen and oxygen atoms in total. The number of hydrogen-bond donors (Lipinski definition) is 1. The summed E-state index contributed by atoms with van der Waals surface area (Å²) in [5.74, 6) is 0.646. The summed E-state index contributed by atoms with van der Waals surface area (Å²) < 4.78 is 40.0. The van der Waals surface area contributed by atoms with Crippen LogP contribution in [0.4, 0.5) is 4.39 Å². The maximum Gasteiger partial charge on any atom is 0.253 e. The second-order valence-corrected chi connectivity index (χ2v) is 9.54. The Hall–Kier alpha value is -1.61. The van der Waals surface area contributed by atoms with E-state index in [-0.39, 0.29) is 27.8 Å². The Kier molecular flexibility index (Phi) is 6.41. The zero-order chi connectivity index (χ0) is 19.4. The SMILES string of the molecule is O=C(NCc1ccc(F)cc1)c1cc(S(=O)(=O)N2CCSCC2)ccc1Cl. The molecule has 9 heteroatoms. The molecule has 1 fully saturated rings. The number of amides is 1. The van der Waals surface area contributed by atoms with Crippen molar-refractivity contribution in [1.29, 1.82) is 0 Å². The summed E-state index contributed by atoms with van der Waals surface area (Å²) in [6.07, 6.45) is 0. The van der Waals surface area contributed by atoms with E-state index in [9.17, 15) is 17.6 Å². The molecule has 0 unspecified atom stereocenters. The first-order valence-corrected chi connectivity index (χ1v) is 11.3. The third-order valence-corrected chi connectivity index (χ3v) is 7.32. The second-order valence-electron chi connectivity index (χ2n) is 5.97. The summed E-state index contributed by atoms with van der Waals surface area (Å²) in [5.41, 5.74) is 0.807. The van der Waals surface area contributed by atoms with Crippen LogP contribution in [0.15, 0.2) is 47.4 Å². The smallest absolute Gasteiger partial charge is 0.253 e. The normalized spacial score (nSPS) is 15.5. The molecule has 1 aliphatic heterocycles. The molecule has 0 radical (unpaired) electrons. The number of carbonyl (C=O) groups excluding carboxylic acids is 1. The molecule has 1 aliphatic rings. The Bertz CT molecular complexity index is 930. The summed E-state index contributed by atoms with van der Waals surface area (Å²) in [6.45, 7) is 1.07. The molecular formula is C18H18ClFN2O3S2. The van der Waals surface area contributed by atoms with Gasteiger partial charge in [0.05, 0.1) is 15.5 Å². The number of rotatable bonds is 5. The minimum atomic E-state index is -3.67. The highest BCUT2D eigenvalue weighted by Gasteiger charge is 2.27. The second kappa shape index (κ2) is 8.60. The number of sulfonamides is 1. The molecule has 1 saturated heterocycles. The monoisotopic (exact) mass is 428 g/mol. The number of benzene rings is 2. The van der Waals surface area contributed by atoms with Gasteiger partial charge in [-0.3, -0.25) is 4.79 Å². The number of nitrogens with zero attached hydrogens (tertiary/aromatic N) is 1. The molecule has 2 aromatic carbocycles. The van der Waals surface area contributed by atoms with Crippen molar-refractivity contribution >= 4 is 39.3 Å². The zero-order valence-corrected chi connectivity index (χ0v) is 16.7. The van der Waals surface area contributed by atoms with Crippen LogP contribution in [0, 0.1) is 5.82 Å². The largest absolute Gasteiger partial charge is 0.348 e. The molecule has 0 bridgehead atoms. The minimum absolute atomic E-state index is 0.0470. The highest BCUT2D eigenvalue weighted by atomic mass is 35.5. The van der Waals surface area contributed by atoms with Gasteiger partial charge in [0.25, 0.3) is 5.91 Å². The van der Waals surface area contributed by atoms with Crippen molar-refractivity contribution in [3.8, 4) is 0 Å². The lowest BCUT2D eigenvalue weighted by Crippen LogP contribution is -2.38. The predicted molar refractivity (Wildman–Crippen MR) is 105 cm³/mol. The maximum absolute atomic E-state index is 12.9. The van der Waals surface area contributed by atoms with Crippen molar-refractivity contribution in [2.75, 3.05) is 24.6 Å². The number of thioether (sulfide) groups is 1. The van der Waals surface area contributed by atoms with Gasteiger partial charge in [0, 0.05) is 31.1 Å². The third-order valence-electron chi connectivity index (χ3n) is 4.16. The molecule has 0 aromatic heterocycles. The van der Waals surface area contributed by atoms with Gasteiger partial charge in [-0.15, -0.1) is 0 Å². The van der Waals surface area contributed by atoms with E-state index in [0.717, 1.165) is 17.1 Å². The van der Waals surface area contributed by atoms with Gasteiger partial charge in [0.15, 0.2) is 0 Å². The molecule has 0 saturated carbocycles. The summed E-state index contributed by atoms with van der Waals surface area (Å²) in [7, 11) is -3.67. The van der Waals surface area contributed by atoms with E-state index in [1.54, 1.807) is 23.9 Å². The number of hydrogen-bond acceptors (Lipinski definition) is 4. The lowest BCUT2D eigenvalue weighted by Gasteiger charge is -2.25. The van der Waals surface area contributed by atoms with Crippen molar-refractivity contribution in [2.24, 2.45) is 0 Å². The van der Waals surface area contributed by atoms with Gasteiger partial charge in [-0.05, 0) is 35.9 Å². The van der Waals surface area contributed by atoms with Crippen LogP contribution >= 0.6 is 23.4 Å². The summed E-state index contributed by atoms with van der Waals surface area (Å²) in [4.78, 5) is 12.5. The van der Waals surface area contributed by atoms with Gasteiger partial charge in [-0.1, -0.05) is 23.7 Å². The van der Waals surface area contributed by atoms with Crippen LogP contribution in [0.5, 0.6) is 0 Å². The van der Waals surface area contributed by atoms with Crippen LogP contribution < -0.4 is 5.32 Å². The average molecular weight is 429 g/mol. The molecule has 1 heterocycles. The highest BCUT2D eigenvalue weighted by molar-refractivity contribution is 7.99. The molecule has 27 heavy (non-hydrogen) atoms. The molecule has 144 valence electrons. The summed E-state index contributed by atoms with van der Waals surface area (Å²) in [6, 6.07) is 9.87. The molecule has 1 N–H and O–H groups in total. The minimum Gasteiger partial charge on any atom is -0.348 e. The van der Waals surface area contributed by atoms with Crippen LogP contribution in [0.1, 0.15) is 15.9 Å². The lowest BCUT2D eigenvalue weighted by atomic mass is 10.2. The Morgan fingerprint density at radius 1 is 1.15 bits per heavy atom.